The van der Waals surface area contributed by atoms with Gasteiger partial charge in [0.1, 0.15) is 0 Å². The Morgan fingerprint density at radius 3 is 2.28 bits per heavy atom. The zero-order chi connectivity index (χ0) is 12.1. The average molecular weight is 260 g/mol. The highest BCUT2D eigenvalue weighted by Crippen LogP contribution is 2.10. The molecule has 0 fully saturated rings. The fourth-order valence-corrected chi connectivity index (χ4v) is 1.33. The Kier molecular flexibility index (Phi) is 4.85. The molecule has 0 radical (unpaired) electrons. The van der Waals surface area contributed by atoms with Gasteiger partial charge in [-0.1, -0.05) is 0 Å². The van der Waals surface area contributed by atoms with E-state index in [0.717, 1.165) is 0 Å². The SMILES string of the molecule is Cl.N#Cc1ccc(NC(=O)c2ccncc2)cc1. The van der Waals surface area contributed by atoms with E-state index in [-0.39, 0.29) is 18.3 Å². The molecule has 1 N–H and O–H groups in total. The Morgan fingerprint density at radius 1 is 1.11 bits per heavy atom. The van der Waals surface area contributed by atoms with E-state index in [1.54, 1.807) is 48.8 Å². The number of carbonyl (C=O) groups excluding carboxylic acids is 1. The number of rotatable bonds is 2. The largest absolute Gasteiger partial charge is 0.322 e. The molecular formula is C13H10ClN3O. The van der Waals surface area contributed by atoms with Crippen molar-refractivity contribution in [3.05, 3.63) is 59.9 Å². The van der Waals surface area contributed by atoms with Gasteiger partial charge in [-0.25, -0.2) is 0 Å². The van der Waals surface area contributed by atoms with Gasteiger partial charge in [-0.05, 0) is 36.4 Å². The zero-order valence-electron chi connectivity index (χ0n) is 9.33. The first-order valence-electron chi connectivity index (χ1n) is 5.01. The van der Waals surface area contributed by atoms with Gasteiger partial charge in [-0.3, -0.25) is 9.78 Å². The van der Waals surface area contributed by atoms with Gasteiger partial charge in [-0.15, -0.1) is 12.4 Å². The van der Waals surface area contributed by atoms with E-state index < -0.39 is 0 Å². The lowest BCUT2D eigenvalue weighted by Crippen LogP contribution is -2.11. The van der Waals surface area contributed by atoms with Crippen molar-refractivity contribution in [2.24, 2.45) is 0 Å². The fraction of sp³-hybridized carbons (Fsp3) is 0. The molecule has 90 valence electrons. The summed E-state index contributed by atoms with van der Waals surface area (Å²) in [5.41, 5.74) is 1.77. The molecule has 5 heteroatoms. The number of anilines is 1. The maximum Gasteiger partial charge on any atom is 0.255 e. The summed E-state index contributed by atoms with van der Waals surface area (Å²) in [5.74, 6) is -0.197. The highest BCUT2D eigenvalue weighted by molar-refractivity contribution is 6.04. The summed E-state index contributed by atoms with van der Waals surface area (Å²) in [6, 6.07) is 12.0. The van der Waals surface area contributed by atoms with E-state index in [1.165, 1.54) is 0 Å². The molecule has 18 heavy (non-hydrogen) atoms. The van der Waals surface area contributed by atoms with Crippen molar-refractivity contribution in [2.45, 2.75) is 0 Å². The summed E-state index contributed by atoms with van der Waals surface area (Å²) in [7, 11) is 0. The summed E-state index contributed by atoms with van der Waals surface area (Å²) in [4.78, 5) is 15.6. The number of aromatic nitrogens is 1. The molecule has 1 heterocycles. The van der Waals surface area contributed by atoms with Gasteiger partial charge in [0.05, 0.1) is 11.6 Å². The van der Waals surface area contributed by atoms with Crippen LogP contribution in [0.2, 0.25) is 0 Å². The van der Waals surface area contributed by atoms with Crippen LogP contribution in [0.3, 0.4) is 0 Å². The van der Waals surface area contributed by atoms with Gasteiger partial charge in [0, 0.05) is 23.6 Å². The van der Waals surface area contributed by atoms with Crippen LogP contribution < -0.4 is 5.32 Å². The Labute approximate surface area is 111 Å². The summed E-state index contributed by atoms with van der Waals surface area (Å²) < 4.78 is 0. The number of nitrogens with one attached hydrogen (secondary N) is 1. The third kappa shape index (κ3) is 3.30. The minimum Gasteiger partial charge on any atom is -0.322 e. The third-order valence-corrected chi connectivity index (χ3v) is 2.21. The standard InChI is InChI=1S/C13H9N3O.ClH/c14-9-10-1-3-12(4-2-10)16-13(17)11-5-7-15-8-6-11;/h1-8H,(H,16,17);1H. The van der Waals surface area contributed by atoms with Crippen LogP contribution in [0.5, 0.6) is 0 Å². The number of halogens is 1. The van der Waals surface area contributed by atoms with Crippen molar-refractivity contribution in [3.63, 3.8) is 0 Å². The predicted octanol–water partition coefficient (Wildman–Crippen LogP) is 2.63. The van der Waals surface area contributed by atoms with Crippen LogP contribution in [0.1, 0.15) is 15.9 Å². The van der Waals surface area contributed by atoms with Crippen LogP contribution in [-0.4, -0.2) is 10.9 Å². The minimum absolute atomic E-state index is 0. The molecule has 1 amide bonds. The van der Waals surface area contributed by atoms with Crippen LogP contribution in [0.15, 0.2) is 48.8 Å². The summed E-state index contributed by atoms with van der Waals surface area (Å²) in [5, 5.41) is 11.4. The monoisotopic (exact) mass is 259 g/mol. The first-order chi connectivity index (χ1) is 8.29. The molecule has 2 aromatic rings. The number of pyridine rings is 1. The minimum atomic E-state index is -0.197. The number of carbonyl (C=O) groups is 1. The third-order valence-electron chi connectivity index (χ3n) is 2.21. The zero-order valence-corrected chi connectivity index (χ0v) is 10.1. The number of hydrogen-bond donors (Lipinski definition) is 1. The molecule has 0 aliphatic heterocycles. The Hall–Kier alpha value is -2.38. The van der Waals surface area contributed by atoms with Gasteiger partial charge in [-0.2, -0.15) is 5.26 Å². The molecule has 0 spiro atoms. The van der Waals surface area contributed by atoms with Crippen LogP contribution in [0.25, 0.3) is 0 Å². The van der Waals surface area contributed by atoms with Crippen molar-refractivity contribution in [1.82, 2.24) is 4.98 Å². The second kappa shape index (κ2) is 6.38. The smallest absolute Gasteiger partial charge is 0.255 e. The summed E-state index contributed by atoms with van der Waals surface area (Å²) in [6.07, 6.45) is 3.13. The first kappa shape index (κ1) is 13.7. The van der Waals surface area contributed by atoms with Gasteiger partial charge < -0.3 is 5.32 Å². The number of nitrogens with zero attached hydrogens (tertiary/aromatic N) is 2. The van der Waals surface area contributed by atoms with Gasteiger partial charge in [0.25, 0.3) is 5.91 Å². The van der Waals surface area contributed by atoms with Crippen molar-refractivity contribution in [1.29, 1.82) is 5.26 Å². The molecule has 0 atom stereocenters. The van der Waals surface area contributed by atoms with Crippen molar-refractivity contribution in [3.8, 4) is 6.07 Å². The Bertz CT molecular complexity index is 561. The molecular weight excluding hydrogens is 250 g/mol. The van der Waals surface area contributed by atoms with Crippen molar-refractivity contribution < 1.29 is 4.79 Å². The second-order valence-electron chi connectivity index (χ2n) is 3.38. The molecule has 0 saturated carbocycles. The highest BCUT2D eigenvalue weighted by atomic mass is 35.5. The van der Waals surface area contributed by atoms with Crippen LogP contribution >= 0.6 is 12.4 Å². The second-order valence-corrected chi connectivity index (χ2v) is 3.38. The topological polar surface area (TPSA) is 65.8 Å². The first-order valence-corrected chi connectivity index (χ1v) is 5.01. The van der Waals surface area contributed by atoms with E-state index in [9.17, 15) is 4.79 Å². The van der Waals surface area contributed by atoms with Gasteiger partial charge in [0.15, 0.2) is 0 Å². The van der Waals surface area contributed by atoms with Crippen LogP contribution in [-0.2, 0) is 0 Å². The number of amides is 1. The lowest BCUT2D eigenvalue weighted by Gasteiger charge is -2.04. The molecule has 4 nitrogen and oxygen atoms in total. The lowest BCUT2D eigenvalue weighted by atomic mass is 10.2. The Morgan fingerprint density at radius 2 is 1.72 bits per heavy atom. The van der Waals surface area contributed by atoms with Gasteiger partial charge in [0.2, 0.25) is 0 Å². The summed E-state index contributed by atoms with van der Waals surface area (Å²) >= 11 is 0. The van der Waals surface area contributed by atoms with Crippen LogP contribution in [0.4, 0.5) is 5.69 Å². The van der Waals surface area contributed by atoms with Crippen molar-refractivity contribution in [2.75, 3.05) is 5.32 Å². The fourth-order valence-electron chi connectivity index (χ4n) is 1.33. The lowest BCUT2D eigenvalue weighted by molar-refractivity contribution is 0.102. The number of benzene rings is 1. The molecule has 0 bridgehead atoms. The molecule has 0 aliphatic carbocycles. The van der Waals surface area contributed by atoms with E-state index in [4.69, 9.17) is 5.26 Å². The van der Waals surface area contributed by atoms with E-state index >= 15 is 0 Å². The molecule has 1 aromatic heterocycles. The van der Waals surface area contributed by atoms with Crippen molar-refractivity contribution >= 4 is 24.0 Å². The summed E-state index contributed by atoms with van der Waals surface area (Å²) in [6.45, 7) is 0. The molecule has 2 rings (SSSR count). The average Bonchev–Trinajstić information content (AvgIpc) is 2.40. The highest BCUT2D eigenvalue weighted by Gasteiger charge is 2.04. The van der Waals surface area contributed by atoms with E-state index in [2.05, 4.69) is 10.3 Å². The van der Waals surface area contributed by atoms with E-state index in [1.807, 2.05) is 6.07 Å². The van der Waals surface area contributed by atoms with Gasteiger partial charge >= 0.3 is 0 Å². The Balaban J connectivity index is 0.00000162. The maximum absolute atomic E-state index is 11.8. The molecule has 0 unspecified atom stereocenters. The molecule has 0 saturated heterocycles. The molecule has 1 aromatic carbocycles. The number of nitriles is 1. The normalized spacial score (nSPS) is 8.83. The maximum atomic E-state index is 11.8. The number of hydrogen-bond acceptors (Lipinski definition) is 3. The quantitative estimate of drug-likeness (QED) is 0.902. The molecule has 0 aliphatic rings. The van der Waals surface area contributed by atoms with Crippen LogP contribution in [0, 0.1) is 11.3 Å². The predicted molar refractivity (Wildman–Crippen MR) is 70.6 cm³/mol. The van der Waals surface area contributed by atoms with E-state index in [0.29, 0.717) is 16.8 Å².